The van der Waals surface area contributed by atoms with Crippen molar-refractivity contribution in [3.05, 3.63) is 80.8 Å². The number of aromatic nitrogens is 2. The molecule has 0 saturated carbocycles. The Hall–Kier alpha value is -3.52. The van der Waals surface area contributed by atoms with Crippen LogP contribution in [0, 0.1) is 6.92 Å². The SMILES string of the molecule is COC(=O)[C@H](C)Oc1ccc2ccccc2c1C=Nn1c(C)nc2ccc(Br)cc2c1=O. The summed E-state index contributed by atoms with van der Waals surface area (Å²) in [5.41, 5.74) is 0.957. The number of hydrogen-bond acceptors (Lipinski definition) is 6. The predicted octanol–water partition coefficient (Wildman–Crippen LogP) is 4.44. The van der Waals surface area contributed by atoms with Gasteiger partial charge in [-0.2, -0.15) is 9.78 Å². The van der Waals surface area contributed by atoms with E-state index in [1.807, 2.05) is 36.4 Å². The van der Waals surface area contributed by atoms with E-state index < -0.39 is 12.1 Å². The average Bonchev–Trinajstić information content (AvgIpc) is 2.79. The van der Waals surface area contributed by atoms with E-state index in [9.17, 15) is 9.59 Å². The van der Waals surface area contributed by atoms with Crippen molar-refractivity contribution >= 4 is 49.8 Å². The van der Waals surface area contributed by atoms with Crippen LogP contribution in [0.15, 0.2) is 69.0 Å². The van der Waals surface area contributed by atoms with Gasteiger partial charge < -0.3 is 9.47 Å². The second kappa shape index (κ2) is 8.92. The highest BCUT2D eigenvalue weighted by atomic mass is 79.9. The number of nitrogens with zero attached hydrogens (tertiary/aromatic N) is 3. The Morgan fingerprint density at radius 2 is 1.94 bits per heavy atom. The van der Waals surface area contributed by atoms with E-state index in [1.54, 1.807) is 38.3 Å². The third-order valence-corrected chi connectivity index (χ3v) is 5.53. The molecule has 0 saturated heterocycles. The molecule has 4 rings (SSSR count). The summed E-state index contributed by atoms with van der Waals surface area (Å²) in [7, 11) is 1.31. The van der Waals surface area contributed by atoms with Crippen LogP contribution in [-0.2, 0) is 9.53 Å². The van der Waals surface area contributed by atoms with Crippen molar-refractivity contribution in [2.45, 2.75) is 20.0 Å². The smallest absolute Gasteiger partial charge is 0.346 e. The number of halogens is 1. The molecular formula is C24H20BrN3O4. The molecule has 3 aromatic carbocycles. The van der Waals surface area contributed by atoms with Gasteiger partial charge in [-0.15, -0.1) is 0 Å². The molecule has 1 heterocycles. The maximum atomic E-state index is 13.1. The molecule has 1 atom stereocenters. The topological polar surface area (TPSA) is 82.8 Å². The summed E-state index contributed by atoms with van der Waals surface area (Å²) in [4.78, 5) is 29.4. The first-order chi connectivity index (χ1) is 15.4. The highest BCUT2D eigenvalue weighted by molar-refractivity contribution is 9.10. The number of carbonyl (C=O) groups excluding carboxylic acids is 1. The van der Waals surface area contributed by atoms with Gasteiger partial charge in [0.1, 0.15) is 11.6 Å². The highest BCUT2D eigenvalue weighted by Gasteiger charge is 2.18. The molecule has 0 unspecified atom stereocenters. The minimum atomic E-state index is -0.808. The third-order valence-electron chi connectivity index (χ3n) is 5.04. The summed E-state index contributed by atoms with van der Waals surface area (Å²) in [6.45, 7) is 3.34. The lowest BCUT2D eigenvalue weighted by atomic mass is 10.0. The molecule has 0 aliphatic carbocycles. The summed E-state index contributed by atoms with van der Waals surface area (Å²) >= 11 is 3.39. The second-order valence-corrected chi connectivity index (χ2v) is 8.08. The van der Waals surface area contributed by atoms with Crippen molar-refractivity contribution in [2.24, 2.45) is 5.10 Å². The van der Waals surface area contributed by atoms with Crippen LogP contribution in [-0.4, -0.2) is 35.1 Å². The van der Waals surface area contributed by atoms with Gasteiger partial charge in [0.2, 0.25) is 0 Å². The van der Waals surface area contributed by atoms with Gasteiger partial charge in [-0.25, -0.2) is 9.78 Å². The van der Waals surface area contributed by atoms with Crippen LogP contribution in [0.2, 0.25) is 0 Å². The summed E-state index contributed by atoms with van der Waals surface area (Å²) in [6, 6.07) is 16.7. The maximum Gasteiger partial charge on any atom is 0.346 e. The third kappa shape index (κ3) is 4.13. The predicted molar refractivity (Wildman–Crippen MR) is 127 cm³/mol. The number of methoxy groups -OCH3 is 1. The van der Waals surface area contributed by atoms with E-state index in [2.05, 4.69) is 26.0 Å². The second-order valence-electron chi connectivity index (χ2n) is 7.16. The standard InChI is InChI=1S/C24H20BrN3O4/c1-14(24(30)31-3)32-22-11-8-16-6-4-5-7-18(16)20(22)13-26-28-15(2)27-21-10-9-17(25)12-19(21)23(28)29/h4-14H,1-3H3/t14-/m0/s1. The van der Waals surface area contributed by atoms with Gasteiger partial charge in [0, 0.05) is 10.0 Å². The number of esters is 1. The number of benzene rings is 3. The molecule has 1 aromatic heterocycles. The first kappa shape index (κ1) is 21.7. The lowest BCUT2D eigenvalue weighted by Gasteiger charge is -2.16. The molecule has 0 radical (unpaired) electrons. The monoisotopic (exact) mass is 493 g/mol. The molecule has 8 heteroatoms. The van der Waals surface area contributed by atoms with Gasteiger partial charge >= 0.3 is 5.97 Å². The zero-order chi connectivity index (χ0) is 22.8. The first-order valence-electron chi connectivity index (χ1n) is 9.88. The number of hydrogen-bond donors (Lipinski definition) is 0. The van der Waals surface area contributed by atoms with E-state index in [1.165, 1.54) is 11.8 Å². The average molecular weight is 494 g/mol. The zero-order valence-corrected chi connectivity index (χ0v) is 19.3. The molecule has 0 amide bonds. The van der Waals surface area contributed by atoms with Crippen molar-refractivity contribution < 1.29 is 14.3 Å². The van der Waals surface area contributed by atoms with Crippen molar-refractivity contribution in [3.63, 3.8) is 0 Å². The maximum absolute atomic E-state index is 13.1. The fraction of sp³-hybridized carbons (Fsp3) is 0.167. The zero-order valence-electron chi connectivity index (χ0n) is 17.7. The molecule has 0 spiro atoms. The van der Waals surface area contributed by atoms with E-state index in [0.717, 1.165) is 15.2 Å². The van der Waals surface area contributed by atoms with Crippen LogP contribution in [0.4, 0.5) is 0 Å². The van der Waals surface area contributed by atoms with E-state index >= 15 is 0 Å². The molecule has 0 aliphatic heterocycles. The number of rotatable bonds is 5. The summed E-state index contributed by atoms with van der Waals surface area (Å²) in [5.74, 6) is 0.414. The van der Waals surface area contributed by atoms with Gasteiger partial charge in [-0.3, -0.25) is 4.79 Å². The quantitative estimate of drug-likeness (QED) is 0.303. The molecular weight excluding hydrogens is 474 g/mol. The number of fused-ring (bicyclic) bond motifs is 2. The molecule has 0 N–H and O–H groups in total. The first-order valence-corrected chi connectivity index (χ1v) is 10.7. The highest BCUT2D eigenvalue weighted by Crippen LogP contribution is 2.28. The van der Waals surface area contributed by atoms with Gasteiger partial charge in [-0.1, -0.05) is 46.3 Å². The van der Waals surface area contributed by atoms with Crippen LogP contribution >= 0.6 is 15.9 Å². The number of carbonyl (C=O) groups is 1. The molecule has 4 aromatic rings. The lowest BCUT2D eigenvalue weighted by molar-refractivity contribution is -0.147. The van der Waals surface area contributed by atoms with Crippen molar-refractivity contribution in [3.8, 4) is 5.75 Å². The van der Waals surface area contributed by atoms with E-state index in [0.29, 0.717) is 28.0 Å². The fourth-order valence-electron chi connectivity index (χ4n) is 3.43. The summed E-state index contributed by atoms with van der Waals surface area (Å²) in [6.07, 6.45) is 0.749. The Balaban J connectivity index is 1.86. The number of aryl methyl sites for hydroxylation is 1. The fourth-order valence-corrected chi connectivity index (χ4v) is 3.79. The summed E-state index contributed by atoms with van der Waals surface area (Å²) < 4.78 is 12.7. The van der Waals surface area contributed by atoms with Crippen LogP contribution < -0.4 is 10.3 Å². The van der Waals surface area contributed by atoms with E-state index in [-0.39, 0.29) is 5.56 Å². The lowest BCUT2D eigenvalue weighted by Crippen LogP contribution is -2.25. The van der Waals surface area contributed by atoms with Crippen LogP contribution in [0.25, 0.3) is 21.7 Å². The minimum Gasteiger partial charge on any atom is -0.478 e. The van der Waals surface area contributed by atoms with Gasteiger partial charge in [0.25, 0.3) is 5.56 Å². The summed E-state index contributed by atoms with van der Waals surface area (Å²) in [5, 5.41) is 6.74. The molecule has 0 aliphatic rings. The molecule has 0 fully saturated rings. The normalized spacial score (nSPS) is 12.4. The Bertz CT molecular complexity index is 1430. The Kier molecular flexibility index (Phi) is 6.05. The Morgan fingerprint density at radius 3 is 2.72 bits per heavy atom. The van der Waals surface area contributed by atoms with Crippen LogP contribution in [0.5, 0.6) is 5.75 Å². The molecule has 162 valence electrons. The molecule has 0 bridgehead atoms. The number of ether oxygens (including phenoxy) is 2. The van der Waals surface area contributed by atoms with Crippen molar-refractivity contribution in [2.75, 3.05) is 7.11 Å². The van der Waals surface area contributed by atoms with Crippen LogP contribution in [0.3, 0.4) is 0 Å². The Morgan fingerprint density at radius 1 is 1.16 bits per heavy atom. The van der Waals surface area contributed by atoms with Gasteiger partial charge in [0.15, 0.2) is 6.10 Å². The van der Waals surface area contributed by atoms with Crippen molar-refractivity contribution in [1.29, 1.82) is 0 Å². The molecule has 32 heavy (non-hydrogen) atoms. The minimum absolute atomic E-state index is 0.282. The van der Waals surface area contributed by atoms with Gasteiger partial charge in [-0.05, 0) is 48.9 Å². The van der Waals surface area contributed by atoms with E-state index in [4.69, 9.17) is 9.47 Å². The van der Waals surface area contributed by atoms with Crippen molar-refractivity contribution in [1.82, 2.24) is 9.66 Å². The van der Waals surface area contributed by atoms with Gasteiger partial charge in [0.05, 0.1) is 24.2 Å². The largest absolute Gasteiger partial charge is 0.478 e. The van der Waals surface area contributed by atoms with Crippen LogP contribution in [0.1, 0.15) is 18.3 Å². The Labute approximate surface area is 192 Å². The molecule has 7 nitrogen and oxygen atoms in total.